The molecule has 0 aliphatic rings. The van der Waals surface area contributed by atoms with E-state index in [2.05, 4.69) is 5.32 Å². The number of methoxy groups -OCH3 is 1. The molecule has 0 radical (unpaired) electrons. The van der Waals surface area contributed by atoms with Crippen LogP contribution in [0, 0.1) is 0 Å². The third-order valence-electron chi connectivity index (χ3n) is 4.27. The van der Waals surface area contributed by atoms with Crippen LogP contribution in [0.3, 0.4) is 0 Å². The monoisotopic (exact) mass is 397 g/mol. The van der Waals surface area contributed by atoms with Gasteiger partial charge < -0.3 is 23.9 Å². The number of furan rings is 1. The summed E-state index contributed by atoms with van der Waals surface area (Å²) in [5.41, 5.74) is 1.64. The number of nitrogens with one attached hydrogen (secondary N) is 1. The van der Waals surface area contributed by atoms with Gasteiger partial charge in [0.2, 0.25) is 5.76 Å². The second-order valence-electron chi connectivity index (χ2n) is 6.30. The van der Waals surface area contributed by atoms with Gasteiger partial charge in [-0.25, -0.2) is 4.79 Å². The van der Waals surface area contributed by atoms with Crippen molar-refractivity contribution in [2.24, 2.45) is 0 Å². The van der Waals surface area contributed by atoms with Gasteiger partial charge >= 0.3 is 5.97 Å². The Balaban J connectivity index is 1.75. The Morgan fingerprint density at radius 2 is 1.83 bits per heavy atom. The highest BCUT2D eigenvalue weighted by Crippen LogP contribution is 2.28. The largest absolute Gasteiger partial charge is 0.492 e. The van der Waals surface area contributed by atoms with E-state index in [1.165, 1.54) is 14.0 Å². The number of esters is 1. The minimum Gasteiger partial charge on any atom is -0.492 e. The zero-order chi connectivity index (χ0) is 20.8. The van der Waals surface area contributed by atoms with Crippen molar-refractivity contribution < 1.29 is 28.2 Å². The smallest absolute Gasteiger partial charge is 0.375 e. The Kier molecular flexibility index (Phi) is 6.51. The minimum absolute atomic E-state index is 0.0300. The first kappa shape index (κ1) is 20.4. The fourth-order valence-electron chi connectivity index (χ4n) is 2.90. The molecule has 7 heteroatoms. The van der Waals surface area contributed by atoms with Crippen LogP contribution in [0.1, 0.15) is 30.0 Å². The second kappa shape index (κ2) is 9.25. The van der Waals surface area contributed by atoms with Gasteiger partial charge in [0, 0.05) is 18.1 Å². The molecule has 0 spiro atoms. The first-order valence-corrected chi connectivity index (χ1v) is 9.28. The molecule has 3 aromatic rings. The maximum atomic E-state index is 12.7. The minimum atomic E-state index is -1.04. The summed E-state index contributed by atoms with van der Waals surface area (Å²) in [7, 11) is 1.53. The molecule has 0 bridgehead atoms. The Morgan fingerprint density at radius 1 is 1.10 bits per heavy atom. The lowest BCUT2D eigenvalue weighted by Crippen LogP contribution is -2.30. The molecular weight excluding hydrogens is 374 g/mol. The lowest BCUT2D eigenvalue weighted by molar-refractivity contribution is -0.123. The van der Waals surface area contributed by atoms with E-state index < -0.39 is 18.0 Å². The van der Waals surface area contributed by atoms with Crippen molar-refractivity contribution in [3.63, 3.8) is 0 Å². The number of rotatable bonds is 8. The van der Waals surface area contributed by atoms with Gasteiger partial charge in [-0.1, -0.05) is 30.3 Å². The number of carbonyl (C=O) groups excluding carboxylic acids is 2. The summed E-state index contributed by atoms with van der Waals surface area (Å²) in [6.45, 7) is 4.00. The van der Waals surface area contributed by atoms with Gasteiger partial charge in [0.05, 0.1) is 18.9 Å². The van der Waals surface area contributed by atoms with Gasteiger partial charge in [-0.3, -0.25) is 4.79 Å². The van der Waals surface area contributed by atoms with Gasteiger partial charge in [0.1, 0.15) is 11.3 Å². The van der Waals surface area contributed by atoms with Crippen LogP contribution in [0.15, 0.2) is 52.9 Å². The lowest BCUT2D eigenvalue weighted by atomic mass is 10.1. The van der Waals surface area contributed by atoms with E-state index in [0.29, 0.717) is 29.2 Å². The Morgan fingerprint density at radius 3 is 2.59 bits per heavy atom. The molecule has 0 aliphatic heterocycles. The van der Waals surface area contributed by atoms with E-state index in [1.54, 1.807) is 24.3 Å². The fourth-order valence-corrected chi connectivity index (χ4v) is 2.90. The Labute approximate surface area is 168 Å². The highest BCUT2D eigenvalue weighted by molar-refractivity contribution is 6.00. The molecular formula is C22H23NO6. The Hall–Kier alpha value is -3.32. The molecule has 1 N–H and O–H groups in total. The number of ether oxygens (including phenoxy) is 3. The van der Waals surface area contributed by atoms with Crippen molar-refractivity contribution in [1.29, 1.82) is 0 Å². The number of anilines is 1. The number of hydrogen-bond acceptors (Lipinski definition) is 6. The van der Waals surface area contributed by atoms with E-state index in [0.717, 1.165) is 5.39 Å². The van der Waals surface area contributed by atoms with Crippen molar-refractivity contribution in [3.05, 3.63) is 59.9 Å². The summed E-state index contributed by atoms with van der Waals surface area (Å²) >= 11 is 0. The van der Waals surface area contributed by atoms with Crippen molar-refractivity contribution >= 4 is 28.5 Å². The molecule has 3 rings (SSSR count). The van der Waals surface area contributed by atoms with Crippen LogP contribution < -0.4 is 10.1 Å². The van der Waals surface area contributed by atoms with Gasteiger partial charge in [0.25, 0.3) is 5.91 Å². The third-order valence-corrected chi connectivity index (χ3v) is 4.27. The Bertz CT molecular complexity index is 1010. The van der Waals surface area contributed by atoms with Crippen molar-refractivity contribution in [2.75, 3.05) is 19.0 Å². The van der Waals surface area contributed by atoms with E-state index in [-0.39, 0.29) is 12.4 Å². The molecule has 0 fully saturated rings. The zero-order valence-electron chi connectivity index (χ0n) is 16.6. The molecule has 0 saturated heterocycles. The number of benzene rings is 2. The van der Waals surface area contributed by atoms with Crippen LogP contribution in [0.4, 0.5) is 5.69 Å². The number of para-hydroxylation sites is 3. The summed E-state index contributed by atoms with van der Waals surface area (Å²) < 4.78 is 21.7. The molecule has 2 aromatic carbocycles. The van der Waals surface area contributed by atoms with Crippen LogP contribution in [0.5, 0.6) is 5.75 Å². The first-order chi connectivity index (χ1) is 14.0. The normalized spacial score (nSPS) is 11.8. The maximum Gasteiger partial charge on any atom is 0.375 e. The van der Waals surface area contributed by atoms with E-state index in [9.17, 15) is 9.59 Å². The van der Waals surface area contributed by atoms with Gasteiger partial charge in [0.15, 0.2) is 6.10 Å². The summed E-state index contributed by atoms with van der Waals surface area (Å²) in [5, 5.41) is 3.49. The molecule has 7 nitrogen and oxygen atoms in total. The number of fused-ring (bicyclic) bond motifs is 1. The molecule has 1 aromatic heterocycles. The predicted molar refractivity (Wildman–Crippen MR) is 108 cm³/mol. The SMILES string of the molecule is CCOc1ccccc1NC(=O)[C@@H](C)OC(=O)c1oc2ccccc2c1COC. The molecule has 152 valence electrons. The number of hydrogen-bond donors (Lipinski definition) is 1. The van der Waals surface area contributed by atoms with E-state index in [4.69, 9.17) is 18.6 Å². The molecule has 0 saturated carbocycles. The van der Waals surface area contributed by atoms with Crippen molar-refractivity contribution in [3.8, 4) is 5.75 Å². The average molecular weight is 397 g/mol. The van der Waals surface area contributed by atoms with E-state index in [1.807, 2.05) is 31.2 Å². The maximum absolute atomic E-state index is 12.7. The van der Waals surface area contributed by atoms with Gasteiger partial charge in [-0.05, 0) is 32.0 Å². The third kappa shape index (κ3) is 4.57. The quantitative estimate of drug-likeness (QED) is 0.574. The zero-order valence-corrected chi connectivity index (χ0v) is 16.6. The first-order valence-electron chi connectivity index (χ1n) is 9.28. The molecule has 29 heavy (non-hydrogen) atoms. The summed E-state index contributed by atoms with van der Waals surface area (Å²) in [6.07, 6.45) is -1.04. The average Bonchev–Trinajstić information content (AvgIpc) is 3.09. The molecule has 1 amide bonds. The molecule has 1 atom stereocenters. The standard InChI is InChI=1S/C22H23NO6/c1-4-27-19-12-8-6-10-17(19)23-21(24)14(2)28-22(25)20-16(13-26-3)15-9-5-7-11-18(15)29-20/h5-12,14H,4,13H2,1-3H3,(H,23,24)/t14-/m1/s1. The second-order valence-corrected chi connectivity index (χ2v) is 6.30. The summed E-state index contributed by atoms with van der Waals surface area (Å²) in [4.78, 5) is 25.2. The highest BCUT2D eigenvalue weighted by Gasteiger charge is 2.26. The molecule has 0 unspecified atom stereocenters. The van der Waals surface area contributed by atoms with Crippen molar-refractivity contribution in [1.82, 2.24) is 0 Å². The van der Waals surface area contributed by atoms with Crippen LogP contribution in [-0.4, -0.2) is 31.7 Å². The molecule has 1 heterocycles. The van der Waals surface area contributed by atoms with Crippen LogP contribution >= 0.6 is 0 Å². The van der Waals surface area contributed by atoms with Crippen LogP contribution in [0.2, 0.25) is 0 Å². The number of carbonyl (C=O) groups is 2. The van der Waals surface area contributed by atoms with Gasteiger partial charge in [-0.15, -0.1) is 0 Å². The molecule has 0 aliphatic carbocycles. The van der Waals surface area contributed by atoms with Crippen LogP contribution in [-0.2, 0) is 20.9 Å². The lowest BCUT2D eigenvalue weighted by Gasteiger charge is -2.15. The highest BCUT2D eigenvalue weighted by atomic mass is 16.6. The summed E-state index contributed by atoms with van der Waals surface area (Å²) in [6, 6.07) is 14.3. The number of amides is 1. The fraction of sp³-hybridized carbons (Fsp3) is 0.273. The van der Waals surface area contributed by atoms with Crippen molar-refractivity contribution in [2.45, 2.75) is 26.6 Å². The van der Waals surface area contributed by atoms with Gasteiger partial charge in [-0.2, -0.15) is 0 Å². The summed E-state index contributed by atoms with van der Waals surface area (Å²) in [5.74, 6) is -0.632. The van der Waals surface area contributed by atoms with Crippen LogP contribution in [0.25, 0.3) is 11.0 Å². The van der Waals surface area contributed by atoms with E-state index >= 15 is 0 Å². The predicted octanol–water partition coefficient (Wildman–Crippen LogP) is 4.16. The topological polar surface area (TPSA) is 87.0 Å².